The van der Waals surface area contributed by atoms with Crippen molar-refractivity contribution < 1.29 is 10.2 Å². The normalized spacial score (nSPS) is 26.6. The average Bonchev–Trinajstić information content (AvgIpc) is 2.43. The zero-order valence-electron chi connectivity index (χ0n) is 10.8. The number of fused-ring (bicyclic) bond motifs is 1. The number of halogens is 1. The van der Waals surface area contributed by atoms with Crippen LogP contribution in [0.25, 0.3) is 11.0 Å². The van der Waals surface area contributed by atoms with Gasteiger partial charge < -0.3 is 15.5 Å². The van der Waals surface area contributed by atoms with Gasteiger partial charge in [-0.2, -0.15) is 0 Å². The Kier molecular flexibility index (Phi) is 3.74. The fraction of sp³-hybridized carbons (Fsp3) is 0.429. The summed E-state index contributed by atoms with van der Waals surface area (Å²) in [6.07, 6.45) is 2.29. The lowest BCUT2D eigenvalue weighted by molar-refractivity contribution is -0.0120. The summed E-state index contributed by atoms with van der Waals surface area (Å²) >= 11 is 5.91. The lowest BCUT2D eigenvalue weighted by Gasteiger charge is -2.30. The first kappa shape index (κ1) is 13.5. The summed E-state index contributed by atoms with van der Waals surface area (Å²) in [4.78, 5) is 8.80. The molecule has 0 spiro atoms. The third-order valence-corrected chi connectivity index (χ3v) is 3.87. The molecule has 2 aromatic rings. The lowest BCUT2D eigenvalue weighted by Crippen LogP contribution is -2.39. The highest BCUT2D eigenvalue weighted by Gasteiger charge is 2.27. The van der Waals surface area contributed by atoms with Crippen molar-refractivity contribution in [1.82, 2.24) is 9.97 Å². The van der Waals surface area contributed by atoms with Gasteiger partial charge in [0, 0.05) is 11.1 Å². The minimum Gasteiger partial charge on any atom is -0.390 e. The molecule has 1 saturated carbocycles. The molecular weight excluding hydrogens is 278 g/mol. The van der Waals surface area contributed by atoms with Gasteiger partial charge in [0.15, 0.2) is 0 Å². The van der Waals surface area contributed by atoms with E-state index in [4.69, 9.17) is 11.6 Å². The van der Waals surface area contributed by atoms with E-state index >= 15 is 0 Å². The number of aromatic nitrogens is 2. The first-order valence-electron chi connectivity index (χ1n) is 6.67. The lowest BCUT2D eigenvalue weighted by atomic mass is 9.90. The number of aliphatic hydroxyl groups excluding tert-OH is 2. The van der Waals surface area contributed by atoms with Crippen LogP contribution < -0.4 is 5.32 Å². The van der Waals surface area contributed by atoms with Crippen LogP contribution in [0.1, 0.15) is 19.3 Å². The van der Waals surface area contributed by atoms with Gasteiger partial charge in [-0.05, 0) is 37.5 Å². The summed E-state index contributed by atoms with van der Waals surface area (Å²) in [5.41, 5.74) is 1.53. The molecule has 1 aliphatic carbocycles. The molecule has 0 bridgehead atoms. The highest BCUT2D eigenvalue weighted by molar-refractivity contribution is 6.31. The van der Waals surface area contributed by atoms with Crippen molar-refractivity contribution in [3.05, 3.63) is 29.4 Å². The summed E-state index contributed by atoms with van der Waals surface area (Å²) < 4.78 is 0. The Balaban J connectivity index is 1.76. The van der Waals surface area contributed by atoms with E-state index in [1.54, 1.807) is 18.3 Å². The minimum absolute atomic E-state index is 0.104. The number of hydrogen-bond donors (Lipinski definition) is 3. The zero-order valence-corrected chi connectivity index (χ0v) is 11.6. The van der Waals surface area contributed by atoms with E-state index in [0.717, 1.165) is 17.5 Å². The predicted molar refractivity (Wildman–Crippen MR) is 77.8 cm³/mol. The van der Waals surface area contributed by atoms with Crippen molar-refractivity contribution in [2.75, 3.05) is 5.32 Å². The number of rotatable bonds is 2. The second-order valence-corrected chi connectivity index (χ2v) is 5.61. The summed E-state index contributed by atoms with van der Waals surface area (Å²) in [7, 11) is 0. The molecule has 5 nitrogen and oxygen atoms in total. The number of nitrogens with one attached hydrogen (secondary N) is 1. The molecule has 0 amide bonds. The van der Waals surface area contributed by atoms with Crippen LogP contribution in [-0.2, 0) is 0 Å². The summed E-state index contributed by atoms with van der Waals surface area (Å²) in [6.45, 7) is 0. The number of benzene rings is 1. The summed E-state index contributed by atoms with van der Waals surface area (Å²) in [5.74, 6) is 0.674. The number of aliphatic hydroxyl groups is 2. The Bertz CT molecular complexity index is 622. The second-order valence-electron chi connectivity index (χ2n) is 5.18. The van der Waals surface area contributed by atoms with Gasteiger partial charge in [-0.25, -0.2) is 4.98 Å². The molecule has 3 N–H and O–H groups in total. The molecular formula is C14H16ClN3O2. The van der Waals surface area contributed by atoms with Crippen molar-refractivity contribution in [3.8, 4) is 0 Å². The van der Waals surface area contributed by atoms with E-state index in [1.165, 1.54) is 0 Å². The Morgan fingerprint density at radius 1 is 1.15 bits per heavy atom. The van der Waals surface area contributed by atoms with Gasteiger partial charge in [0.2, 0.25) is 0 Å². The molecule has 0 aliphatic heterocycles. The average molecular weight is 294 g/mol. The van der Waals surface area contributed by atoms with Gasteiger partial charge in [-0.1, -0.05) is 11.6 Å². The molecule has 0 saturated heterocycles. The third-order valence-electron chi connectivity index (χ3n) is 3.64. The number of nitrogens with zero attached hydrogens (tertiary/aromatic N) is 2. The topological polar surface area (TPSA) is 78.3 Å². The van der Waals surface area contributed by atoms with E-state index in [2.05, 4.69) is 15.3 Å². The largest absolute Gasteiger partial charge is 0.390 e. The molecule has 6 heteroatoms. The molecule has 1 unspecified atom stereocenters. The molecule has 3 atom stereocenters. The van der Waals surface area contributed by atoms with E-state index in [0.29, 0.717) is 23.7 Å². The van der Waals surface area contributed by atoms with Crippen LogP contribution >= 0.6 is 11.6 Å². The van der Waals surface area contributed by atoms with Gasteiger partial charge in [0.05, 0.1) is 29.4 Å². The summed E-state index contributed by atoms with van der Waals surface area (Å²) in [6, 6.07) is 5.49. The van der Waals surface area contributed by atoms with E-state index in [-0.39, 0.29) is 6.04 Å². The predicted octanol–water partition coefficient (Wildman–Crippen LogP) is 1.97. The van der Waals surface area contributed by atoms with E-state index in [1.807, 2.05) is 6.07 Å². The quantitative estimate of drug-likeness (QED) is 0.789. The second kappa shape index (κ2) is 5.52. The van der Waals surface area contributed by atoms with Crippen LogP contribution in [0.4, 0.5) is 5.82 Å². The Hall–Kier alpha value is -1.43. The van der Waals surface area contributed by atoms with E-state index in [9.17, 15) is 10.2 Å². The zero-order chi connectivity index (χ0) is 14.1. The molecule has 3 rings (SSSR count). The van der Waals surface area contributed by atoms with Gasteiger partial charge in [0.25, 0.3) is 0 Å². The minimum atomic E-state index is -0.673. The molecule has 106 valence electrons. The molecule has 0 radical (unpaired) electrons. The Morgan fingerprint density at radius 2 is 2.00 bits per heavy atom. The number of hydrogen-bond acceptors (Lipinski definition) is 5. The third kappa shape index (κ3) is 2.85. The van der Waals surface area contributed by atoms with Gasteiger partial charge in [-0.15, -0.1) is 0 Å². The van der Waals surface area contributed by atoms with Crippen LogP contribution in [0.5, 0.6) is 0 Å². The maximum absolute atomic E-state index is 9.69. The first-order valence-corrected chi connectivity index (χ1v) is 7.04. The fourth-order valence-electron chi connectivity index (χ4n) is 2.52. The Morgan fingerprint density at radius 3 is 2.80 bits per heavy atom. The highest BCUT2D eigenvalue weighted by atomic mass is 35.5. The van der Waals surface area contributed by atoms with Crippen LogP contribution in [0, 0.1) is 0 Å². The van der Waals surface area contributed by atoms with E-state index < -0.39 is 12.2 Å². The fourth-order valence-corrected chi connectivity index (χ4v) is 2.69. The smallest absolute Gasteiger partial charge is 0.145 e. The maximum Gasteiger partial charge on any atom is 0.145 e. The molecule has 1 aromatic carbocycles. The molecule has 1 fully saturated rings. The molecule has 1 heterocycles. The Labute approximate surface area is 121 Å². The van der Waals surface area contributed by atoms with Gasteiger partial charge in [-0.3, -0.25) is 4.98 Å². The van der Waals surface area contributed by atoms with Crippen molar-refractivity contribution in [1.29, 1.82) is 0 Å². The van der Waals surface area contributed by atoms with Crippen molar-refractivity contribution in [3.63, 3.8) is 0 Å². The SMILES string of the molecule is O[C@@H]1CCC(Nc2cnc3cc(Cl)ccc3n2)C[C@@H]1O. The van der Waals surface area contributed by atoms with Crippen LogP contribution in [0.2, 0.25) is 5.02 Å². The number of anilines is 1. The van der Waals surface area contributed by atoms with Crippen molar-refractivity contribution in [2.45, 2.75) is 37.5 Å². The standard InChI is InChI=1S/C14H16ClN3O2/c15-8-1-3-10-11(5-8)16-7-14(18-10)17-9-2-4-12(19)13(20)6-9/h1,3,5,7,9,12-13,19-20H,2,4,6H2,(H,17,18)/t9?,12-,13+/m1/s1. The van der Waals surface area contributed by atoms with Crippen molar-refractivity contribution in [2.24, 2.45) is 0 Å². The van der Waals surface area contributed by atoms with Crippen LogP contribution in [-0.4, -0.2) is 38.4 Å². The highest BCUT2D eigenvalue weighted by Crippen LogP contribution is 2.23. The van der Waals surface area contributed by atoms with Gasteiger partial charge >= 0.3 is 0 Å². The van der Waals surface area contributed by atoms with Gasteiger partial charge in [0.1, 0.15) is 5.82 Å². The molecule has 1 aliphatic rings. The maximum atomic E-state index is 9.69. The molecule has 1 aromatic heterocycles. The first-order chi connectivity index (χ1) is 9.61. The molecule has 20 heavy (non-hydrogen) atoms. The van der Waals surface area contributed by atoms with Crippen LogP contribution in [0.3, 0.4) is 0 Å². The van der Waals surface area contributed by atoms with Crippen LogP contribution in [0.15, 0.2) is 24.4 Å². The monoisotopic (exact) mass is 293 g/mol. The van der Waals surface area contributed by atoms with Crippen molar-refractivity contribution >= 4 is 28.5 Å². The summed E-state index contributed by atoms with van der Waals surface area (Å²) in [5, 5.41) is 23.1.